The quantitative estimate of drug-likeness (QED) is 0.694. The van der Waals surface area contributed by atoms with Crippen molar-refractivity contribution in [3.8, 4) is 5.75 Å². The van der Waals surface area contributed by atoms with Crippen LogP contribution in [0.1, 0.15) is 38.5 Å². The Hall–Kier alpha value is -2.28. The normalized spacial score (nSPS) is 18.7. The van der Waals surface area contributed by atoms with E-state index in [1.165, 1.54) is 0 Å². The van der Waals surface area contributed by atoms with Gasteiger partial charge in [0.1, 0.15) is 5.75 Å². The highest BCUT2D eigenvalue weighted by atomic mass is 35.5. The van der Waals surface area contributed by atoms with E-state index < -0.39 is 12.0 Å². The summed E-state index contributed by atoms with van der Waals surface area (Å²) in [6.07, 6.45) is 4.26. The maximum absolute atomic E-state index is 12.5. The van der Waals surface area contributed by atoms with E-state index in [4.69, 9.17) is 22.1 Å². The van der Waals surface area contributed by atoms with Crippen LogP contribution in [0.15, 0.2) is 24.3 Å². The number of rotatable bonds is 8. The van der Waals surface area contributed by atoms with E-state index in [0.29, 0.717) is 29.8 Å². The number of nitrogens with two attached hydrogens (primary N) is 1. The molecule has 7 nitrogen and oxygen atoms in total. The summed E-state index contributed by atoms with van der Waals surface area (Å²) < 4.78 is 5.33. The van der Waals surface area contributed by atoms with E-state index in [1.807, 2.05) is 0 Å². The fraction of sp³-hybridized carbons (Fsp3) is 0.571. The number of hydrogen-bond donors (Lipinski definition) is 1. The molecular weight excluding hydrogens is 394 g/mol. The number of carbonyl (C=O) groups excluding carboxylic acids is 3. The number of carbonyl (C=O) groups is 3. The molecular formula is C21H30ClN3O4. The van der Waals surface area contributed by atoms with Gasteiger partial charge in [-0.05, 0) is 62.3 Å². The molecule has 0 aliphatic heterocycles. The average molecular weight is 424 g/mol. The van der Waals surface area contributed by atoms with Crippen LogP contribution >= 0.6 is 11.6 Å². The maximum atomic E-state index is 12.5. The molecule has 0 bridgehead atoms. The zero-order chi connectivity index (χ0) is 21.4. The molecule has 0 radical (unpaired) electrons. The molecule has 0 saturated heterocycles. The first kappa shape index (κ1) is 23.0. The van der Waals surface area contributed by atoms with Crippen LogP contribution in [0.4, 0.5) is 4.79 Å². The summed E-state index contributed by atoms with van der Waals surface area (Å²) in [4.78, 5) is 38.7. The predicted molar refractivity (Wildman–Crippen MR) is 112 cm³/mol. The van der Waals surface area contributed by atoms with Gasteiger partial charge in [-0.15, -0.1) is 0 Å². The van der Waals surface area contributed by atoms with Gasteiger partial charge < -0.3 is 20.3 Å². The van der Waals surface area contributed by atoms with E-state index in [-0.39, 0.29) is 18.2 Å². The van der Waals surface area contributed by atoms with E-state index in [0.717, 1.165) is 32.1 Å². The molecule has 1 saturated carbocycles. The maximum Gasteiger partial charge on any atom is 0.414 e. The largest absolute Gasteiger partial charge is 0.414 e. The number of primary amides is 1. The van der Waals surface area contributed by atoms with Crippen molar-refractivity contribution >= 4 is 29.5 Å². The lowest BCUT2D eigenvalue weighted by molar-refractivity contribution is -0.135. The Morgan fingerprint density at radius 1 is 1.03 bits per heavy atom. The molecule has 0 unspecified atom stereocenters. The van der Waals surface area contributed by atoms with Gasteiger partial charge in [0.05, 0.1) is 0 Å². The average Bonchev–Trinajstić information content (AvgIpc) is 2.71. The van der Waals surface area contributed by atoms with E-state index in [9.17, 15) is 14.4 Å². The van der Waals surface area contributed by atoms with E-state index >= 15 is 0 Å². The van der Waals surface area contributed by atoms with Crippen molar-refractivity contribution in [2.45, 2.75) is 38.5 Å². The first-order valence-electron chi connectivity index (χ1n) is 9.98. The van der Waals surface area contributed by atoms with Gasteiger partial charge in [0.25, 0.3) is 0 Å². The molecule has 1 aromatic carbocycles. The van der Waals surface area contributed by atoms with Crippen molar-refractivity contribution in [2.24, 2.45) is 17.6 Å². The van der Waals surface area contributed by atoms with Gasteiger partial charge in [0.15, 0.2) is 0 Å². The molecule has 2 rings (SSSR count). The summed E-state index contributed by atoms with van der Waals surface area (Å²) in [6.45, 7) is 0.975. The Balaban J connectivity index is 1.69. The third-order valence-electron chi connectivity index (χ3n) is 5.47. The Labute approximate surface area is 177 Å². The van der Waals surface area contributed by atoms with Crippen LogP contribution in [0.2, 0.25) is 5.02 Å². The first-order valence-corrected chi connectivity index (χ1v) is 10.4. The molecule has 0 spiro atoms. The minimum absolute atomic E-state index is 0.0109. The number of nitrogens with zero attached hydrogens (tertiary/aromatic N) is 2. The number of ether oxygens (including phenoxy) is 1. The van der Waals surface area contributed by atoms with Crippen LogP contribution < -0.4 is 10.5 Å². The van der Waals surface area contributed by atoms with Crippen molar-refractivity contribution in [3.63, 3.8) is 0 Å². The highest BCUT2D eigenvalue weighted by Gasteiger charge is 2.28. The number of halogens is 1. The second kappa shape index (κ2) is 11.0. The molecule has 160 valence electrons. The third kappa shape index (κ3) is 7.57. The fourth-order valence-electron chi connectivity index (χ4n) is 3.55. The zero-order valence-electron chi connectivity index (χ0n) is 17.1. The van der Waals surface area contributed by atoms with Gasteiger partial charge in [-0.3, -0.25) is 9.59 Å². The van der Waals surface area contributed by atoms with E-state index in [2.05, 4.69) is 0 Å². The van der Waals surface area contributed by atoms with Gasteiger partial charge in [0.2, 0.25) is 11.8 Å². The zero-order valence-corrected chi connectivity index (χ0v) is 17.9. The van der Waals surface area contributed by atoms with Crippen molar-refractivity contribution in [1.29, 1.82) is 0 Å². The van der Waals surface area contributed by atoms with Crippen molar-refractivity contribution in [1.82, 2.24) is 9.80 Å². The third-order valence-corrected chi connectivity index (χ3v) is 5.72. The summed E-state index contributed by atoms with van der Waals surface area (Å²) in [5.74, 6) is 0.656. The molecule has 8 heteroatoms. The predicted octanol–water partition coefficient (Wildman–Crippen LogP) is 3.30. The topological polar surface area (TPSA) is 92.9 Å². The molecule has 0 heterocycles. The molecule has 1 aromatic rings. The summed E-state index contributed by atoms with van der Waals surface area (Å²) in [5.41, 5.74) is 5.15. The van der Waals surface area contributed by atoms with Crippen LogP contribution in [0, 0.1) is 11.8 Å². The molecule has 3 amide bonds. The molecule has 2 N–H and O–H groups in total. The van der Waals surface area contributed by atoms with Gasteiger partial charge >= 0.3 is 6.09 Å². The SMILES string of the molecule is CN(CCC1CCC(C(=O)N(C)CCC(N)=O)CC1)C(=O)Oc1ccc(Cl)cc1. The molecule has 1 fully saturated rings. The van der Waals surface area contributed by atoms with Gasteiger partial charge in [-0.2, -0.15) is 0 Å². The number of hydrogen-bond acceptors (Lipinski definition) is 4. The summed E-state index contributed by atoms with van der Waals surface area (Å²) in [7, 11) is 3.44. The Bertz CT molecular complexity index is 702. The molecule has 0 aromatic heterocycles. The second-order valence-corrected chi connectivity index (χ2v) is 8.16. The minimum atomic E-state index is -0.396. The summed E-state index contributed by atoms with van der Waals surface area (Å²) in [6, 6.07) is 6.67. The van der Waals surface area contributed by atoms with Crippen LogP contribution in [0.25, 0.3) is 0 Å². The Kier molecular flexibility index (Phi) is 8.76. The fourth-order valence-corrected chi connectivity index (χ4v) is 3.67. The Morgan fingerprint density at radius 3 is 2.24 bits per heavy atom. The van der Waals surface area contributed by atoms with Gasteiger partial charge in [0, 0.05) is 44.5 Å². The van der Waals surface area contributed by atoms with Crippen LogP contribution in [0.5, 0.6) is 5.75 Å². The standard InChI is InChI=1S/C21H30ClN3O4/c1-24(14-12-19(23)26)20(27)16-5-3-15(4-6-16)11-13-25(2)21(28)29-18-9-7-17(22)8-10-18/h7-10,15-16H,3-6,11-14H2,1-2H3,(H2,23,26). The van der Waals surface area contributed by atoms with E-state index in [1.54, 1.807) is 48.2 Å². The first-order chi connectivity index (χ1) is 13.8. The number of amides is 3. The lowest BCUT2D eigenvalue weighted by atomic mass is 9.80. The highest BCUT2D eigenvalue weighted by Crippen LogP contribution is 2.32. The minimum Gasteiger partial charge on any atom is -0.410 e. The van der Waals surface area contributed by atoms with Crippen molar-refractivity contribution in [3.05, 3.63) is 29.3 Å². The van der Waals surface area contributed by atoms with Crippen molar-refractivity contribution in [2.75, 3.05) is 27.2 Å². The van der Waals surface area contributed by atoms with Crippen molar-refractivity contribution < 1.29 is 19.1 Å². The monoisotopic (exact) mass is 423 g/mol. The molecule has 29 heavy (non-hydrogen) atoms. The van der Waals surface area contributed by atoms with Crippen LogP contribution in [-0.2, 0) is 9.59 Å². The summed E-state index contributed by atoms with van der Waals surface area (Å²) in [5, 5.41) is 0.589. The molecule has 1 aliphatic carbocycles. The smallest absolute Gasteiger partial charge is 0.410 e. The Morgan fingerprint density at radius 2 is 1.66 bits per heavy atom. The molecule has 0 atom stereocenters. The number of benzene rings is 1. The van der Waals surface area contributed by atoms with Gasteiger partial charge in [-0.1, -0.05) is 11.6 Å². The van der Waals surface area contributed by atoms with Crippen LogP contribution in [-0.4, -0.2) is 54.9 Å². The molecule has 1 aliphatic rings. The lowest BCUT2D eigenvalue weighted by Crippen LogP contribution is -2.37. The summed E-state index contributed by atoms with van der Waals surface area (Å²) >= 11 is 5.83. The van der Waals surface area contributed by atoms with Crippen LogP contribution in [0.3, 0.4) is 0 Å². The second-order valence-electron chi connectivity index (χ2n) is 7.73. The highest BCUT2D eigenvalue weighted by molar-refractivity contribution is 6.30. The van der Waals surface area contributed by atoms with Gasteiger partial charge in [-0.25, -0.2) is 4.79 Å². The lowest BCUT2D eigenvalue weighted by Gasteiger charge is -2.31.